The second kappa shape index (κ2) is 6.24. The van der Waals surface area contributed by atoms with E-state index in [1.54, 1.807) is 24.3 Å². The minimum atomic E-state index is -0.638. The maximum atomic E-state index is 13.6. The van der Waals surface area contributed by atoms with Gasteiger partial charge in [0.15, 0.2) is 0 Å². The number of carbonyl (C=O) groups is 4. The summed E-state index contributed by atoms with van der Waals surface area (Å²) in [4.78, 5) is 55.0. The molecule has 0 bridgehead atoms. The quantitative estimate of drug-likeness (QED) is 0.692. The van der Waals surface area contributed by atoms with Crippen LogP contribution in [0.2, 0.25) is 0 Å². The number of amides is 4. The van der Waals surface area contributed by atoms with Crippen molar-refractivity contribution in [2.45, 2.75) is 57.7 Å². The Hall–Kier alpha value is -3.10. The molecule has 3 aliphatic heterocycles. The van der Waals surface area contributed by atoms with Gasteiger partial charge in [0.05, 0.1) is 0 Å². The van der Waals surface area contributed by atoms with Gasteiger partial charge in [-0.3, -0.25) is 29.0 Å². The van der Waals surface area contributed by atoms with Gasteiger partial charge >= 0.3 is 0 Å². The van der Waals surface area contributed by atoms with Crippen molar-refractivity contribution in [1.82, 2.24) is 14.9 Å². The normalized spacial score (nSPS) is 22.8. The molecule has 1 fully saturated rings. The van der Waals surface area contributed by atoms with E-state index in [0.717, 1.165) is 4.90 Å². The van der Waals surface area contributed by atoms with Gasteiger partial charge in [-0.05, 0) is 64.8 Å². The highest BCUT2D eigenvalue weighted by atomic mass is 16.5. The van der Waals surface area contributed by atoms with Gasteiger partial charge in [-0.25, -0.2) is 0 Å². The molecule has 3 heterocycles. The number of benzene rings is 2. The minimum Gasteiger partial charge on any atom is -0.313 e. The van der Waals surface area contributed by atoms with Crippen LogP contribution in [0.25, 0.3) is 10.8 Å². The molecular weight excluding hydrogens is 410 g/mol. The average Bonchev–Trinajstić information content (AvgIpc) is 2.72. The molecule has 3 aliphatic rings. The van der Waals surface area contributed by atoms with E-state index >= 15 is 0 Å². The van der Waals surface area contributed by atoms with Gasteiger partial charge in [0.25, 0.3) is 23.6 Å². The molecule has 32 heavy (non-hydrogen) atoms. The predicted octanol–water partition coefficient (Wildman–Crippen LogP) is 3.07. The van der Waals surface area contributed by atoms with E-state index in [4.69, 9.17) is 0 Å². The number of hydroxylamine groups is 2. The fraction of sp³-hybridized carbons (Fsp3) is 0.417. The Morgan fingerprint density at radius 2 is 1.06 bits per heavy atom. The first-order valence-corrected chi connectivity index (χ1v) is 10.7. The Kier molecular flexibility index (Phi) is 4.05. The first-order chi connectivity index (χ1) is 14.9. The van der Waals surface area contributed by atoms with Crippen LogP contribution in [-0.4, -0.2) is 67.9 Å². The minimum absolute atomic E-state index is 0.312. The van der Waals surface area contributed by atoms with Crippen molar-refractivity contribution in [3.05, 3.63) is 46.5 Å². The molecule has 0 radical (unpaired) electrons. The third-order valence-electron chi connectivity index (χ3n) is 7.11. The molecule has 4 amide bonds. The summed E-state index contributed by atoms with van der Waals surface area (Å²) in [7, 11) is 1.42. The van der Waals surface area contributed by atoms with Crippen LogP contribution < -0.4 is 0 Å². The summed E-state index contributed by atoms with van der Waals surface area (Å²) in [5, 5.41) is 12.7. The van der Waals surface area contributed by atoms with E-state index in [1.165, 1.54) is 17.0 Å². The highest BCUT2D eigenvalue weighted by Gasteiger charge is 2.50. The number of nitrogens with zero attached hydrogens (tertiary/aromatic N) is 3. The number of rotatable bonds is 1. The third-order valence-corrected chi connectivity index (χ3v) is 7.11. The topological polar surface area (TPSA) is 98.2 Å². The van der Waals surface area contributed by atoms with Crippen molar-refractivity contribution in [1.29, 1.82) is 0 Å². The van der Waals surface area contributed by atoms with Crippen molar-refractivity contribution in [3.63, 3.8) is 0 Å². The molecule has 0 saturated carbocycles. The predicted molar refractivity (Wildman–Crippen MR) is 116 cm³/mol. The van der Waals surface area contributed by atoms with E-state index < -0.39 is 40.7 Å². The second-order valence-corrected chi connectivity index (χ2v) is 10.2. The molecule has 166 valence electrons. The molecule has 0 unspecified atom stereocenters. The zero-order valence-electron chi connectivity index (χ0n) is 18.7. The Morgan fingerprint density at radius 1 is 0.719 bits per heavy atom. The van der Waals surface area contributed by atoms with Gasteiger partial charge in [-0.1, -0.05) is 0 Å². The summed E-state index contributed by atoms with van der Waals surface area (Å²) < 4.78 is 0. The lowest BCUT2D eigenvalue weighted by molar-refractivity contribution is -0.249. The molecule has 2 aromatic carbocycles. The molecular formula is C24H25N3O5. The van der Waals surface area contributed by atoms with Crippen molar-refractivity contribution in [2.75, 3.05) is 7.05 Å². The van der Waals surface area contributed by atoms with E-state index in [0.29, 0.717) is 45.9 Å². The van der Waals surface area contributed by atoms with Crippen LogP contribution in [0.3, 0.4) is 0 Å². The fourth-order valence-corrected chi connectivity index (χ4v) is 5.75. The lowest BCUT2D eigenvalue weighted by Gasteiger charge is -2.53. The standard InChI is InChI=1S/C24H25N3O5/c1-23(2)10-12(11-24(3,4)27(23)32)26-21(30)15-8-6-13-17-14(20(29)25(5)19(13)28)7-9-16(18(15)17)22(26)31/h6-9,12,32H,10-11H2,1-5H3. The molecule has 0 aliphatic carbocycles. The zero-order valence-corrected chi connectivity index (χ0v) is 18.7. The van der Waals surface area contributed by atoms with Crippen LogP contribution >= 0.6 is 0 Å². The van der Waals surface area contributed by atoms with Crippen LogP contribution in [0.15, 0.2) is 24.3 Å². The highest BCUT2D eigenvalue weighted by Crippen LogP contribution is 2.43. The Labute approximate surface area is 185 Å². The Balaban J connectivity index is 1.68. The van der Waals surface area contributed by atoms with E-state index in [-0.39, 0.29) is 0 Å². The molecule has 0 spiro atoms. The van der Waals surface area contributed by atoms with Crippen molar-refractivity contribution in [3.8, 4) is 0 Å². The van der Waals surface area contributed by atoms with Crippen molar-refractivity contribution < 1.29 is 24.4 Å². The highest BCUT2D eigenvalue weighted by molar-refractivity contribution is 6.33. The largest absolute Gasteiger partial charge is 0.313 e. The van der Waals surface area contributed by atoms with E-state index in [1.807, 2.05) is 27.7 Å². The van der Waals surface area contributed by atoms with Crippen LogP contribution in [0.5, 0.6) is 0 Å². The van der Waals surface area contributed by atoms with E-state index in [9.17, 15) is 24.4 Å². The van der Waals surface area contributed by atoms with Gasteiger partial charge in [-0.15, -0.1) is 0 Å². The summed E-state index contributed by atoms with van der Waals surface area (Å²) in [6.45, 7) is 7.53. The molecule has 2 aromatic rings. The molecule has 0 aromatic heterocycles. The van der Waals surface area contributed by atoms with Crippen molar-refractivity contribution >= 4 is 34.4 Å². The molecule has 5 rings (SSSR count). The average molecular weight is 435 g/mol. The number of piperidine rings is 1. The van der Waals surface area contributed by atoms with Crippen molar-refractivity contribution in [2.24, 2.45) is 0 Å². The monoisotopic (exact) mass is 435 g/mol. The van der Waals surface area contributed by atoms with Crippen LogP contribution in [0.1, 0.15) is 82.0 Å². The Morgan fingerprint density at radius 3 is 1.44 bits per heavy atom. The second-order valence-electron chi connectivity index (χ2n) is 10.2. The van der Waals surface area contributed by atoms with Crippen LogP contribution in [0, 0.1) is 0 Å². The Bertz CT molecular complexity index is 1170. The molecule has 8 heteroatoms. The van der Waals surface area contributed by atoms with E-state index in [2.05, 4.69) is 0 Å². The summed E-state index contributed by atoms with van der Waals surface area (Å²) in [6, 6.07) is 5.86. The maximum absolute atomic E-state index is 13.6. The summed E-state index contributed by atoms with van der Waals surface area (Å²) >= 11 is 0. The van der Waals surface area contributed by atoms with Gasteiger partial charge in [0.1, 0.15) is 0 Å². The van der Waals surface area contributed by atoms with Gasteiger partial charge in [-0.2, -0.15) is 5.06 Å². The summed E-state index contributed by atoms with van der Waals surface area (Å²) in [6.07, 6.45) is 0.835. The number of hydrogen-bond acceptors (Lipinski definition) is 6. The molecule has 1 N–H and O–H groups in total. The smallest absolute Gasteiger partial charge is 0.261 e. The van der Waals surface area contributed by atoms with Crippen LogP contribution in [0.4, 0.5) is 0 Å². The first-order valence-electron chi connectivity index (χ1n) is 10.7. The SMILES string of the molecule is CN1C(=O)c2ccc3c4c(ccc(c24)C1=O)C(=O)N(C1CC(C)(C)N(O)C(C)(C)C1)C3=O. The zero-order chi connectivity index (χ0) is 23.3. The van der Waals surface area contributed by atoms with Gasteiger partial charge in [0.2, 0.25) is 0 Å². The molecule has 8 nitrogen and oxygen atoms in total. The lowest BCUT2D eigenvalue weighted by Crippen LogP contribution is -2.64. The molecule has 0 atom stereocenters. The number of carbonyl (C=O) groups excluding carboxylic acids is 4. The maximum Gasteiger partial charge on any atom is 0.261 e. The fourth-order valence-electron chi connectivity index (χ4n) is 5.75. The van der Waals surface area contributed by atoms with Gasteiger partial charge < -0.3 is 5.21 Å². The third kappa shape index (κ3) is 2.50. The van der Waals surface area contributed by atoms with Gasteiger partial charge in [0, 0.05) is 57.2 Å². The summed E-state index contributed by atoms with van der Waals surface area (Å²) in [5.74, 6) is -1.78. The van der Waals surface area contributed by atoms with Crippen LogP contribution in [-0.2, 0) is 0 Å². The lowest BCUT2D eigenvalue weighted by atomic mass is 9.77. The number of hydrogen-bond donors (Lipinski definition) is 1. The molecule has 1 saturated heterocycles. The first kappa shape index (κ1) is 20.8. The number of imide groups is 2. The summed E-state index contributed by atoms with van der Waals surface area (Å²) in [5.41, 5.74) is -0.0267.